The molecule has 0 spiro atoms. The summed E-state index contributed by atoms with van der Waals surface area (Å²) in [7, 11) is 5.56. The number of ketones is 1. The minimum absolute atomic E-state index is 0.00369. The van der Waals surface area contributed by atoms with Crippen LogP contribution in [0.4, 0.5) is 4.79 Å². The standard InChI is InChI=1S/C32H49NO9/c1-17(2)10-18-6-7-21-20-8-9-23-22-15-40-16-32(23,24(20)11-25(34)28(21)27(18)30(35)36)12-26(42-31(37)38)29(22)41-14-19(13-39-5)33(3)4/h11,17-23,26-29H,6-10,12-16H2,1-5H3,(H,35,36)(H,37,38)/t18?,19?,20?,21?,22?,23?,26-,27-,28?,29-,32+/m1/s1. The van der Waals surface area contributed by atoms with Gasteiger partial charge in [-0.15, -0.1) is 0 Å². The summed E-state index contributed by atoms with van der Waals surface area (Å²) in [5.74, 6) is -1.55. The molecule has 2 bridgehead atoms. The van der Waals surface area contributed by atoms with Crippen LogP contribution in [0, 0.1) is 52.8 Å². The van der Waals surface area contributed by atoms with Crippen LogP contribution in [0.25, 0.3) is 0 Å². The summed E-state index contributed by atoms with van der Waals surface area (Å²) in [6.07, 6.45) is 3.94. The normalized spacial score (nSPS) is 40.0. The number of carbonyl (C=O) groups is 3. The Morgan fingerprint density at radius 3 is 2.52 bits per heavy atom. The Labute approximate surface area is 249 Å². The molecular formula is C32H49NO9. The molecule has 0 aromatic carbocycles. The smallest absolute Gasteiger partial charge is 0.481 e. The number of nitrogens with zero attached hydrogens (tertiary/aromatic N) is 1. The van der Waals surface area contributed by atoms with E-state index < -0.39 is 41.6 Å². The van der Waals surface area contributed by atoms with Crippen LogP contribution in [-0.2, 0) is 28.5 Å². The maximum absolute atomic E-state index is 13.9. The molecule has 42 heavy (non-hydrogen) atoms. The molecule has 0 aromatic heterocycles. The van der Waals surface area contributed by atoms with Crippen molar-refractivity contribution in [2.75, 3.05) is 47.6 Å². The Morgan fingerprint density at radius 1 is 1.12 bits per heavy atom. The first kappa shape index (κ1) is 31.4. The highest BCUT2D eigenvalue weighted by molar-refractivity contribution is 5.97. The fourth-order valence-electron chi connectivity index (χ4n) is 9.65. The zero-order valence-electron chi connectivity index (χ0n) is 25.7. The Morgan fingerprint density at radius 2 is 1.88 bits per heavy atom. The van der Waals surface area contributed by atoms with Crippen molar-refractivity contribution in [3.63, 3.8) is 0 Å². The summed E-state index contributed by atoms with van der Waals surface area (Å²) in [4.78, 5) is 40.5. The first-order valence-corrected chi connectivity index (χ1v) is 15.7. The van der Waals surface area contributed by atoms with Crippen molar-refractivity contribution in [2.24, 2.45) is 52.8 Å². The van der Waals surface area contributed by atoms with Gasteiger partial charge in [0.1, 0.15) is 6.10 Å². The van der Waals surface area contributed by atoms with E-state index in [1.807, 2.05) is 19.0 Å². The Bertz CT molecular complexity index is 1060. The van der Waals surface area contributed by atoms with Crippen LogP contribution in [0.3, 0.4) is 0 Å². The quantitative estimate of drug-likeness (QED) is 0.360. The van der Waals surface area contributed by atoms with E-state index in [-0.39, 0.29) is 41.4 Å². The van der Waals surface area contributed by atoms with Gasteiger partial charge in [-0.2, -0.15) is 0 Å². The van der Waals surface area contributed by atoms with Crippen LogP contribution < -0.4 is 0 Å². The summed E-state index contributed by atoms with van der Waals surface area (Å²) < 4.78 is 23.7. The molecular weight excluding hydrogens is 542 g/mol. The van der Waals surface area contributed by atoms with Gasteiger partial charge in [-0.05, 0) is 88.3 Å². The molecule has 10 nitrogen and oxygen atoms in total. The van der Waals surface area contributed by atoms with E-state index in [1.165, 1.54) is 0 Å². The summed E-state index contributed by atoms with van der Waals surface area (Å²) >= 11 is 0. The number of hydrogen-bond acceptors (Lipinski definition) is 8. The van der Waals surface area contributed by atoms with Crippen molar-refractivity contribution in [3.05, 3.63) is 11.6 Å². The summed E-state index contributed by atoms with van der Waals surface area (Å²) in [5.41, 5.74) is 0.525. The maximum atomic E-state index is 13.9. The number of rotatable bonds is 10. The fraction of sp³-hybridized carbons (Fsp3) is 0.844. The molecule has 236 valence electrons. The van der Waals surface area contributed by atoms with Gasteiger partial charge < -0.3 is 34.1 Å². The van der Waals surface area contributed by atoms with E-state index in [1.54, 1.807) is 13.2 Å². The lowest BCUT2D eigenvalue weighted by Gasteiger charge is -2.62. The van der Waals surface area contributed by atoms with Crippen LogP contribution in [0.1, 0.15) is 52.4 Å². The lowest BCUT2D eigenvalue weighted by atomic mass is 9.45. The lowest BCUT2D eigenvalue weighted by Crippen LogP contribution is -2.64. The molecule has 3 saturated carbocycles. The van der Waals surface area contributed by atoms with Gasteiger partial charge in [-0.1, -0.05) is 19.4 Å². The molecule has 2 N–H and O–H groups in total. The average molecular weight is 592 g/mol. The van der Waals surface area contributed by atoms with Gasteiger partial charge in [-0.3, -0.25) is 9.59 Å². The molecule has 11 atom stereocenters. The van der Waals surface area contributed by atoms with Crippen molar-refractivity contribution in [1.29, 1.82) is 0 Å². The second-order valence-corrected chi connectivity index (χ2v) is 14.1. The third-order valence-corrected chi connectivity index (χ3v) is 11.3. The summed E-state index contributed by atoms with van der Waals surface area (Å²) in [6.45, 7) is 5.92. The highest BCUT2D eigenvalue weighted by Crippen LogP contribution is 2.64. The van der Waals surface area contributed by atoms with Gasteiger partial charge in [0.05, 0.1) is 44.5 Å². The number of fused-ring (bicyclic) bond motifs is 3. The number of ether oxygens (including phenoxy) is 4. The highest BCUT2D eigenvalue weighted by Gasteiger charge is 2.64. The molecule has 1 aliphatic heterocycles. The van der Waals surface area contributed by atoms with Gasteiger partial charge in [0.2, 0.25) is 0 Å². The first-order chi connectivity index (χ1) is 20.0. The molecule has 0 amide bonds. The Kier molecular flexibility index (Phi) is 9.38. The molecule has 10 heteroatoms. The van der Waals surface area contributed by atoms with Gasteiger partial charge in [-0.25, -0.2) is 4.79 Å². The third-order valence-electron chi connectivity index (χ3n) is 11.3. The largest absolute Gasteiger partial charge is 0.506 e. The highest BCUT2D eigenvalue weighted by atomic mass is 16.7. The summed E-state index contributed by atoms with van der Waals surface area (Å²) in [6, 6.07) is -0.00369. The van der Waals surface area contributed by atoms with Crippen molar-refractivity contribution >= 4 is 17.9 Å². The van der Waals surface area contributed by atoms with Gasteiger partial charge >= 0.3 is 12.1 Å². The first-order valence-electron chi connectivity index (χ1n) is 15.7. The number of allylic oxidation sites excluding steroid dienone is 1. The molecule has 4 aliphatic carbocycles. The van der Waals surface area contributed by atoms with Crippen molar-refractivity contribution in [2.45, 2.75) is 70.6 Å². The Hall–Kier alpha value is -2.01. The zero-order valence-corrected chi connectivity index (χ0v) is 25.7. The minimum Gasteiger partial charge on any atom is -0.481 e. The average Bonchev–Trinajstić information content (AvgIpc) is 2.91. The number of carboxylic acids is 1. The topological polar surface area (TPSA) is 132 Å². The van der Waals surface area contributed by atoms with Crippen LogP contribution in [-0.4, -0.2) is 98.9 Å². The van der Waals surface area contributed by atoms with Gasteiger partial charge in [0.15, 0.2) is 5.78 Å². The van der Waals surface area contributed by atoms with E-state index in [0.29, 0.717) is 38.8 Å². The van der Waals surface area contributed by atoms with Crippen LogP contribution in [0.15, 0.2) is 11.6 Å². The fourth-order valence-corrected chi connectivity index (χ4v) is 9.65. The Balaban J connectivity index is 1.47. The SMILES string of the molecule is COCC(CO[C@@H]1C2COC[C@]3(C[C@H]1OC(=O)O)C1=CC(=O)C4C(CCC(CC(C)C)[C@H]4C(=O)O)C1CCC23)N(C)C. The lowest BCUT2D eigenvalue weighted by molar-refractivity contribution is -0.220. The van der Waals surface area contributed by atoms with Crippen LogP contribution >= 0.6 is 0 Å². The predicted molar refractivity (Wildman–Crippen MR) is 153 cm³/mol. The van der Waals surface area contributed by atoms with Gasteiger partial charge in [0, 0.05) is 24.4 Å². The van der Waals surface area contributed by atoms with Gasteiger partial charge in [0.25, 0.3) is 0 Å². The van der Waals surface area contributed by atoms with E-state index in [2.05, 4.69) is 13.8 Å². The number of carbonyl (C=O) groups excluding carboxylic acids is 1. The molecule has 7 unspecified atom stereocenters. The molecule has 0 radical (unpaired) electrons. The second-order valence-electron chi connectivity index (χ2n) is 14.1. The monoisotopic (exact) mass is 591 g/mol. The van der Waals surface area contributed by atoms with E-state index in [9.17, 15) is 24.6 Å². The molecule has 5 aliphatic rings. The van der Waals surface area contributed by atoms with E-state index in [0.717, 1.165) is 37.7 Å². The molecule has 4 fully saturated rings. The van der Waals surface area contributed by atoms with Crippen LogP contribution in [0.2, 0.25) is 0 Å². The second kappa shape index (κ2) is 12.5. The number of likely N-dealkylation sites (N-methyl/N-ethyl adjacent to an activating group) is 1. The third kappa shape index (κ3) is 5.64. The molecule has 1 saturated heterocycles. The van der Waals surface area contributed by atoms with Crippen molar-refractivity contribution in [1.82, 2.24) is 4.90 Å². The predicted octanol–water partition coefficient (Wildman–Crippen LogP) is 3.97. The zero-order chi connectivity index (χ0) is 30.3. The minimum atomic E-state index is -1.34. The molecule has 5 rings (SSSR count). The maximum Gasteiger partial charge on any atom is 0.506 e. The molecule has 1 heterocycles. The number of hydrogen-bond donors (Lipinski definition) is 2. The number of carboxylic acid groups (broad SMARTS) is 2. The number of methoxy groups -OCH3 is 1. The van der Waals surface area contributed by atoms with E-state index in [4.69, 9.17) is 18.9 Å². The van der Waals surface area contributed by atoms with Crippen molar-refractivity contribution in [3.8, 4) is 0 Å². The summed E-state index contributed by atoms with van der Waals surface area (Å²) in [5, 5.41) is 20.0. The number of aliphatic carboxylic acids is 1. The van der Waals surface area contributed by atoms with E-state index >= 15 is 0 Å². The molecule has 0 aromatic rings. The van der Waals surface area contributed by atoms with Crippen molar-refractivity contribution < 1.29 is 43.5 Å². The van der Waals surface area contributed by atoms with Crippen LogP contribution in [0.5, 0.6) is 0 Å².